The van der Waals surface area contributed by atoms with Crippen molar-refractivity contribution in [2.75, 3.05) is 0 Å². The van der Waals surface area contributed by atoms with E-state index in [0.717, 1.165) is 17.0 Å². The van der Waals surface area contributed by atoms with Crippen LogP contribution in [0.5, 0.6) is 0 Å². The SMILES string of the molecule is Cc1nccnc1-c1ccc2c(Cl)c(C(=O)O)[nH]c2c1. The third kappa shape index (κ3) is 1.92. The Balaban J connectivity index is 2.21. The Morgan fingerprint density at radius 3 is 2.75 bits per heavy atom. The van der Waals surface area contributed by atoms with Crippen molar-refractivity contribution in [3.63, 3.8) is 0 Å². The van der Waals surface area contributed by atoms with Crippen molar-refractivity contribution in [2.24, 2.45) is 0 Å². The number of carbonyl (C=O) groups is 1. The molecule has 3 rings (SSSR count). The van der Waals surface area contributed by atoms with Gasteiger partial charge in [-0.3, -0.25) is 9.97 Å². The van der Waals surface area contributed by atoms with Crippen molar-refractivity contribution in [1.29, 1.82) is 0 Å². The predicted octanol–water partition coefficient (Wildman–Crippen LogP) is 3.28. The van der Waals surface area contributed by atoms with Gasteiger partial charge in [-0.15, -0.1) is 0 Å². The van der Waals surface area contributed by atoms with Gasteiger partial charge in [0.2, 0.25) is 0 Å². The first-order valence-corrected chi connectivity index (χ1v) is 6.28. The highest BCUT2D eigenvalue weighted by Gasteiger charge is 2.16. The highest BCUT2D eigenvalue weighted by Crippen LogP contribution is 2.31. The predicted molar refractivity (Wildman–Crippen MR) is 76.0 cm³/mol. The van der Waals surface area contributed by atoms with Gasteiger partial charge in [0.25, 0.3) is 0 Å². The summed E-state index contributed by atoms with van der Waals surface area (Å²) >= 11 is 6.04. The lowest BCUT2D eigenvalue weighted by Crippen LogP contribution is -1.96. The molecule has 0 saturated carbocycles. The molecule has 20 heavy (non-hydrogen) atoms. The highest BCUT2D eigenvalue weighted by molar-refractivity contribution is 6.38. The Hall–Kier alpha value is -2.40. The van der Waals surface area contributed by atoms with E-state index in [1.165, 1.54) is 0 Å². The molecule has 0 saturated heterocycles. The molecule has 2 N–H and O–H groups in total. The lowest BCUT2D eigenvalue weighted by molar-refractivity contribution is 0.0691. The number of aromatic carboxylic acids is 1. The van der Waals surface area contributed by atoms with E-state index in [9.17, 15) is 4.79 Å². The molecule has 5 nitrogen and oxygen atoms in total. The van der Waals surface area contributed by atoms with Crippen LogP contribution in [-0.4, -0.2) is 26.0 Å². The number of fused-ring (bicyclic) bond motifs is 1. The minimum atomic E-state index is -1.08. The summed E-state index contributed by atoms with van der Waals surface area (Å²) in [5, 5.41) is 9.95. The van der Waals surface area contributed by atoms with Crippen LogP contribution < -0.4 is 0 Å². The summed E-state index contributed by atoms with van der Waals surface area (Å²) in [6.45, 7) is 1.87. The van der Waals surface area contributed by atoms with Crippen molar-refractivity contribution in [2.45, 2.75) is 6.92 Å². The molecule has 0 aliphatic rings. The molecule has 3 aromatic rings. The van der Waals surface area contributed by atoms with Crippen molar-refractivity contribution in [3.8, 4) is 11.3 Å². The first kappa shape index (κ1) is 12.6. The number of nitrogens with zero attached hydrogens (tertiary/aromatic N) is 2. The van der Waals surface area contributed by atoms with Crippen LogP contribution in [0.2, 0.25) is 5.02 Å². The summed E-state index contributed by atoms with van der Waals surface area (Å²) in [6.07, 6.45) is 3.25. The third-order valence-corrected chi connectivity index (χ3v) is 3.50. The third-order valence-electron chi connectivity index (χ3n) is 3.10. The van der Waals surface area contributed by atoms with Crippen LogP contribution in [0, 0.1) is 6.92 Å². The van der Waals surface area contributed by atoms with Gasteiger partial charge in [0, 0.05) is 28.9 Å². The average Bonchev–Trinajstić information content (AvgIpc) is 2.76. The minimum Gasteiger partial charge on any atom is -0.477 e. The lowest BCUT2D eigenvalue weighted by atomic mass is 10.1. The van der Waals surface area contributed by atoms with Crippen LogP contribution in [0.4, 0.5) is 0 Å². The van der Waals surface area contributed by atoms with Gasteiger partial charge in [0.15, 0.2) is 0 Å². The molecule has 1 aromatic carbocycles. The van der Waals surface area contributed by atoms with Crippen LogP contribution in [0.25, 0.3) is 22.2 Å². The molecular formula is C14H10ClN3O2. The second-order valence-corrected chi connectivity index (χ2v) is 4.75. The van der Waals surface area contributed by atoms with Crippen LogP contribution in [0.15, 0.2) is 30.6 Å². The van der Waals surface area contributed by atoms with Crippen molar-refractivity contribution < 1.29 is 9.90 Å². The topological polar surface area (TPSA) is 78.9 Å². The van der Waals surface area contributed by atoms with Gasteiger partial charge in [0.05, 0.1) is 16.4 Å². The van der Waals surface area contributed by atoms with E-state index in [-0.39, 0.29) is 10.7 Å². The minimum absolute atomic E-state index is 0.00492. The Labute approximate surface area is 119 Å². The normalized spacial score (nSPS) is 10.9. The Bertz CT molecular complexity index is 826. The van der Waals surface area contributed by atoms with Gasteiger partial charge in [-0.25, -0.2) is 4.79 Å². The number of carboxylic acid groups (broad SMARTS) is 1. The maximum absolute atomic E-state index is 11.1. The van der Waals surface area contributed by atoms with Gasteiger partial charge in [-0.2, -0.15) is 0 Å². The van der Waals surface area contributed by atoms with Crippen LogP contribution >= 0.6 is 11.6 Å². The lowest BCUT2D eigenvalue weighted by Gasteiger charge is -2.03. The van der Waals surface area contributed by atoms with E-state index < -0.39 is 5.97 Å². The number of H-pyrrole nitrogens is 1. The number of rotatable bonds is 2. The van der Waals surface area contributed by atoms with Gasteiger partial charge >= 0.3 is 5.97 Å². The largest absolute Gasteiger partial charge is 0.477 e. The summed E-state index contributed by atoms with van der Waals surface area (Å²) in [4.78, 5) is 22.4. The molecule has 6 heteroatoms. The van der Waals surface area contributed by atoms with Gasteiger partial charge in [-0.05, 0) is 13.0 Å². The number of carboxylic acids is 1. The van der Waals surface area contributed by atoms with Crippen LogP contribution in [-0.2, 0) is 0 Å². The second kappa shape index (κ2) is 4.61. The summed E-state index contributed by atoms with van der Waals surface area (Å²) in [6, 6.07) is 5.46. The molecule has 100 valence electrons. The van der Waals surface area contributed by atoms with E-state index in [1.807, 2.05) is 19.1 Å². The zero-order valence-corrected chi connectivity index (χ0v) is 11.3. The number of halogens is 1. The Morgan fingerprint density at radius 1 is 1.30 bits per heavy atom. The fourth-order valence-corrected chi connectivity index (χ4v) is 2.44. The Kier molecular flexibility index (Phi) is 2.91. The summed E-state index contributed by atoms with van der Waals surface area (Å²) in [5.41, 5.74) is 3.09. The van der Waals surface area contributed by atoms with Crippen LogP contribution in [0.1, 0.15) is 16.2 Å². The van der Waals surface area contributed by atoms with Gasteiger partial charge in [-0.1, -0.05) is 23.7 Å². The van der Waals surface area contributed by atoms with E-state index in [0.29, 0.717) is 10.9 Å². The zero-order valence-electron chi connectivity index (χ0n) is 10.5. The number of nitrogens with one attached hydrogen (secondary N) is 1. The number of benzene rings is 1. The number of hydrogen-bond donors (Lipinski definition) is 2. The second-order valence-electron chi connectivity index (χ2n) is 4.37. The van der Waals surface area contributed by atoms with Crippen molar-refractivity contribution >= 4 is 28.5 Å². The molecule has 0 amide bonds. The molecule has 0 fully saturated rings. The zero-order chi connectivity index (χ0) is 14.3. The first-order valence-electron chi connectivity index (χ1n) is 5.90. The fraction of sp³-hybridized carbons (Fsp3) is 0.0714. The monoisotopic (exact) mass is 287 g/mol. The summed E-state index contributed by atoms with van der Waals surface area (Å²) in [5.74, 6) is -1.08. The van der Waals surface area contributed by atoms with E-state index in [4.69, 9.17) is 16.7 Å². The quantitative estimate of drug-likeness (QED) is 0.758. The fourth-order valence-electron chi connectivity index (χ4n) is 2.15. The number of aryl methyl sites for hydroxylation is 1. The molecular weight excluding hydrogens is 278 g/mol. The maximum atomic E-state index is 11.1. The summed E-state index contributed by atoms with van der Waals surface area (Å²) < 4.78 is 0. The molecule has 0 spiro atoms. The van der Waals surface area contributed by atoms with Gasteiger partial charge in [0.1, 0.15) is 5.69 Å². The molecule has 0 radical (unpaired) electrons. The van der Waals surface area contributed by atoms with E-state index in [2.05, 4.69) is 15.0 Å². The van der Waals surface area contributed by atoms with E-state index >= 15 is 0 Å². The first-order chi connectivity index (χ1) is 9.58. The molecule has 2 aromatic heterocycles. The number of aromatic nitrogens is 3. The molecule has 0 aliphatic heterocycles. The molecule has 0 atom stereocenters. The molecule has 2 heterocycles. The Morgan fingerprint density at radius 2 is 2.05 bits per heavy atom. The molecule has 0 aliphatic carbocycles. The van der Waals surface area contributed by atoms with Crippen LogP contribution in [0.3, 0.4) is 0 Å². The molecule has 0 unspecified atom stereocenters. The summed E-state index contributed by atoms with van der Waals surface area (Å²) in [7, 11) is 0. The van der Waals surface area contributed by atoms with Gasteiger partial charge < -0.3 is 10.1 Å². The van der Waals surface area contributed by atoms with E-state index in [1.54, 1.807) is 18.5 Å². The number of hydrogen-bond acceptors (Lipinski definition) is 3. The average molecular weight is 288 g/mol. The number of aromatic amines is 1. The van der Waals surface area contributed by atoms with Crippen molar-refractivity contribution in [1.82, 2.24) is 15.0 Å². The molecule has 0 bridgehead atoms. The highest BCUT2D eigenvalue weighted by atomic mass is 35.5. The smallest absolute Gasteiger partial charge is 0.353 e. The standard InChI is InChI=1S/C14H10ClN3O2/c1-7-12(17-5-4-16-7)8-2-3-9-10(6-8)18-13(11(9)15)14(19)20/h2-6,18H,1H3,(H,19,20). The maximum Gasteiger partial charge on any atom is 0.353 e. The van der Waals surface area contributed by atoms with Crippen molar-refractivity contribution in [3.05, 3.63) is 47.0 Å².